The molecule has 0 radical (unpaired) electrons. The van der Waals surface area contributed by atoms with E-state index in [0.717, 1.165) is 30.3 Å². The number of carbonyl (C=O) groups excluding carboxylic acids is 1. The van der Waals surface area contributed by atoms with E-state index in [1.54, 1.807) is 36.5 Å². The van der Waals surface area contributed by atoms with Crippen molar-refractivity contribution < 1.29 is 35.1 Å². The molecule has 0 fully saturated rings. The Hall–Kier alpha value is -4.17. The van der Waals surface area contributed by atoms with Gasteiger partial charge in [-0.1, -0.05) is 19.4 Å². The van der Waals surface area contributed by atoms with E-state index >= 15 is 0 Å². The summed E-state index contributed by atoms with van der Waals surface area (Å²) < 4.78 is 7.03. The minimum atomic E-state index is -1.03. The normalized spacial score (nSPS) is 12.1. The summed E-state index contributed by atoms with van der Waals surface area (Å²) in [7, 11) is 0. The summed E-state index contributed by atoms with van der Waals surface area (Å²) in [5.41, 5.74) is 2.86. The summed E-state index contributed by atoms with van der Waals surface area (Å²) in [6.45, 7) is 1.99. The van der Waals surface area contributed by atoms with Crippen molar-refractivity contribution in [1.29, 1.82) is 0 Å². The molecule has 8 heteroatoms. The Balaban J connectivity index is 1.53. The molecule has 0 saturated carbocycles. The van der Waals surface area contributed by atoms with Gasteiger partial charge in [0.25, 0.3) is 0 Å². The van der Waals surface area contributed by atoms with E-state index in [9.17, 15) is 30.3 Å². The van der Waals surface area contributed by atoms with Gasteiger partial charge in [0.1, 0.15) is 29.6 Å². The van der Waals surface area contributed by atoms with Crippen LogP contribution in [0.4, 0.5) is 0 Å². The van der Waals surface area contributed by atoms with Crippen LogP contribution in [0.5, 0.6) is 23.0 Å². The Labute approximate surface area is 214 Å². The van der Waals surface area contributed by atoms with Crippen LogP contribution in [0.2, 0.25) is 0 Å². The molecular weight excluding hydrogens is 474 g/mol. The number of carbonyl (C=O) groups is 1. The number of hydrogen-bond donors (Lipinski definition) is 5. The van der Waals surface area contributed by atoms with Crippen LogP contribution in [0, 0.1) is 0 Å². The molecule has 0 aliphatic carbocycles. The fraction of sp³-hybridized carbons (Fsp3) is 0.276. The summed E-state index contributed by atoms with van der Waals surface area (Å²) in [6, 6.07) is 14.0. The summed E-state index contributed by atoms with van der Waals surface area (Å²) in [5, 5.41) is 52.1. The van der Waals surface area contributed by atoms with Gasteiger partial charge < -0.3 is 34.8 Å². The lowest BCUT2D eigenvalue weighted by Crippen LogP contribution is -2.21. The van der Waals surface area contributed by atoms with Crippen LogP contribution in [-0.4, -0.2) is 48.8 Å². The van der Waals surface area contributed by atoms with Gasteiger partial charge in [-0.15, -0.1) is 0 Å². The van der Waals surface area contributed by atoms with Crippen LogP contribution in [-0.2, 0) is 24.1 Å². The van der Waals surface area contributed by atoms with E-state index in [4.69, 9.17) is 4.74 Å². The number of aromatic hydroxyl groups is 4. The molecule has 1 unspecified atom stereocenters. The molecule has 1 atom stereocenters. The minimum absolute atomic E-state index is 0.00665. The second-order valence-electron chi connectivity index (χ2n) is 9.21. The third-order valence-corrected chi connectivity index (χ3v) is 6.30. The Morgan fingerprint density at radius 1 is 0.973 bits per heavy atom. The van der Waals surface area contributed by atoms with Crippen LogP contribution in [0.3, 0.4) is 0 Å². The number of phenolic OH excluding ortho intramolecular Hbond substituents is 4. The molecule has 0 amide bonds. The average molecular weight is 506 g/mol. The highest BCUT2D eigenvalue weighted by atomic mass is 16.5. The number of fused-ring (bicyclic) bond motifs is 1. The van der Waals surface area contributed by atoms with Crippen LogP contribution in [0.15, 0.2) is 60.8 Å². The Morgan fingerprint density at radius 2 is 1.70 bits per heavy atom. The number of aryl methyl sites for hydroxylation is 1. The van der Waals surface area contributed by atoms with E-state index < -0.39 is 12.1 Å². The molecule has 3 aromatic carbocycles. The predicted molar refractivity (Wildman–Crippen MR) is 139 cm³/mol. The zero-order valence-electron chi connectivity index (χ0n) is 20.6. The average Bonchev–Trinajstić information content (AvgIpc) is 3.19. The summed E-state index contributed by atoms with van der Waals surface area (Å²) in [6.07, 6.45) is 3.63. The molecule has 37 heavy (non-hydrogen) atoms. The quantitative estimate of drug-likeness (QED) is 0.199. The maximum Gasteiger partial charge on any atom is 0.338 e. The van der Waals surface area contributed by atoms with Crippen LogP contribution >= 0.6 is 0 Å². The number of benzene rings is 3. The smallest absolute Gasteiger partial charge is 0.338 e. The molecular formula is C29H31NO7. The molecule has 0 bridgehead atoms. The van der Waals surface area contributed by atoms with Gasteiger partial charge in [0, 0.05) is 23.5 Å². The van der Waals surface area contributed by atoms with Crippen molar-refractivity contribution >= 4 is 16.9 Å². The van der Waals surface area contributed by atoms with Crippen molar-refractivity contribution in [3.05, 3.63) is 83.0 Å². The fourth-order valence-electron chi connectivity index (χ4n) is 4.41. The van der Waals surface area contributed by atoms with Gasteiger partial charge in [0.05, 0.1) is 23.8 Å². The monoisotopic (exact) mass is 505 g/mol. The highest BCUT2D eigenvalue weighted by molar-refractivity contribution is 5.90. The zero-order valence-corrected chi connectivity index (χ0v) is 20.6. The van der Waals surface area contributed by atoms with Gasteiger partial charge in [-0.2, -0.15) is 0 Å². The molecule has 0 spiro atoms. The minimum Gasteiger partial charge on any atom is -0.508 e. The Bertz CT molecular complexity index is 1390. The molecule has 5 N–H and O–H groups in total. The maximum atomic E-state index is 12.2. The molecule has 8 nitrogen and oxygen atoms in total. The standard InChI is InChI=1S/C29H31NO7/c1-2-3-5-18-10-27(34)25(28(35)11-18)16-30-15-20(24-14-22(32)8-9-26(24)30)13-23(33)17-37-29(36)19-6-4-7-21(31)12-19/h4,6-12,14-15,23,31-35H,2-3,5,13,16-17H2,1H3. The largest absolute Gasteiger partial charge is 0.508 e. The summed E-state index contributed by atoms with van der Waals surface area (Å²) in [4.78, 5) is 12.2. The van der Waals surface area contributed by atoms with Crippen LogP contribution < -0.4 is 0 Å². The first-order valence-corrected chi connectivity index (χ1v) is 12.2. The van der Waals surface area contributed by atoms with Crippen LogP contribution in [0.25, 0.3) is 10.9 Å². The third kappa shape index (κ3) is 6.16. The van der Waals surface area contributed by atoms with E-state index in [1.807, 2.05) is 4.57 Å². The van der Waals surface area contributed by atoms with Gasteiger partial charge in [-0.05, 0) is 72.5 Å². The van der Waals surface area contributed by atoms with E-state index in [2.05, 4.69) is 6.92 Å². The van der Waals surface area contributed by atoms with E-state index in [0.29, 0.717) is 16.5 Å². The lowest BCUT2D eigenvalue weighted by molar-refractivity contribution is 0.0259. The predicted octanol–water partition coefficient (Wildman–Crippen LogP) is 4.62. The van der Waals surface area contributed by atoms with Crippen molar-refractivity contribution in [3.63, 3.8) is 0 Å². The molecule has 1 aromatic heterocycles. The van der Waals surface area contributed by atoms with Gasteiger partial charge in [0.15, 0.2) is 0 Å². The molecule has 194 valence electrons. The van der Waals surface area contributed by atoms with Gasteiger partial charge >= 0.3 is 5.97 Å². The Kier molecular flexibility index (Phi) is 7.89. The molecule has 1 heterocycles. The number of hydrogen-bond acceptors (Lipinski definition) is 7. The van der Waals surface area contributed by atoms with Gasteiger partial charge in [-0.25, -0.2) is 4.79 Å². The SMILES string of the molecule is CCCCc1cc(O)c(Cn2cc(CC(O)COC(=O)c3cccc(O)c3)c3cc(O)ccc32)c(O)c1. The number of ether oxygens (including phenoxy) is 1. The van der Waals surface area contributed by atoms with Crippen molar-refractivity contribution in [2.75, 3.05) is 6.61 Å². The number of aliphatic hydroxyl groups excluding tert-OH is 1. The molecule has 4 aromatic rings. The number of aromatic nitrogens is 1. The van der Waals surface area contributed by atoms with Crippen molar-refractivity contribution in [2.45, 2.75) is 45.3 Å². The van der Waals surface area contributed by atoms with Crippen molar-refractivity contribution in [3.8, 4) is 23.0 Å². The maximum absolute atomic E-state index is 12.2. The third-order valence-electron chi connectivity index (χ3n) is 6.30. The van der Waals surface area contributed by atoms with Crippen molar-refractivity contribution in [2.24, 2.45) is 0 Å². The number of aliphatic hydroxyl groups is 1. The first kappa shape index (κ1) is 25.9. The molecule has 0 aliphatic rings. The number of unbranched alkanes of at least 4 members (excludes halogenated alkanes) is 1. The second kappa shape index (κ2) is 11.3. The highest BCUT2D eigenvalue weighted by Gasteiger charge is 2.18. The summed E-state index contributed by atoms with van der Waals surface area (Å²) >= 11 is 0. The van der Waals surface area contributed by atoms with Gasteiger partial charge in [-0.3, -0.25) is 0 Å². The van der Waals surface area contributed by atoms with Crippen molar-refractivity contribution in [1.82, 2.24) is 4.57 Å². The topological polar surface area (TPSA) is 132 Å². The summed E-state index contributed by atoms with van der Waals surface area (Å²) in [5.74, 6) is -0.653. The Morgan fingerprint density at radius 3 is 2.41 bits per heavy atom. The molecule has 0 saturated heterocycles. The first-order chi connectivity index (χ1) is 17.7. The number of esters is 1. The molecule has 0 aliphatic heterocycles. The van der Waals surface area contributed by atoms with E-state index in [1.165, 1.54) is 24.3 Å². The second-order valence-corrected chi connectivity index (χ2v) is 9.21. The fourth-order valence-corrected chi connectivity index (χ4v) is 4.41. The zero-order chi connectivity index (χ0) is 26.5. The highest BCUT2D eigenvalue weighted by Crippen LogP contribution is 2.33. The van der Waals surface area contributed by atoms with Gasteiger partial charge in [0.2, 0.25) is 0 Å². The number of rotatable bonds is 10. The molecule has 4 rings (SSSR count). The van der Waals surface area contributed by atoms with E-state index in [-0.39, 0.29) is 48.1 Å². The lowest BCUT2D eigenvalue weighted by atomic mass is 10.0. The lowest BCUT2D eigenvalue weighted by Gasteiger charge is -2.12. The first-order valence-electron chi connectivity index (χ1n) is 12.2. The number of phenols is 4. The van der Waals surface area contributed by atoms with Crippen LogP contribution in [0.1, 0.15) is 46.8 Å². The number of nitrogens with zero attached hydrogens (tertiary/aromatic N) is 1.